The number of piperidine rings is 1. The molecule has 1 aliphatic rings. The van der Waals surface area contributed by atoms with Crippen LogP contribution in [0.15, 0.2) is 48.9 Å². The van der Waals surface area contributed by atoms with E-state index >= 15 is 0 Å². The number of aromatic nitrogens is 6. The number of nitrogens with zero attached hydrogens (tertiary/aromatic N) is 5. The number of imidazole rings is 1. The molecule has 0 atom stereocenters. The average molecular weight is 411 g/mol. The van der Waals surface area contributed by atoms with Gasteiger partial charge in [-0.3, -0.25) is 10.1 Å². The number of hydrogen-bond donors (Lipinski definition) is 3. The van der Waals surface area contributed by atoms with E-state index in [0.29, 0.717) is 5.82 Å². The molecule has 1 aliphatic heterocycles. The predicted molar refractivity (Wildman–Crippen MR) is 120 cm³/mol. The Hall–Kier alpha value is -3.94. The molecule has 0 bridgehead atoms. The third-order valence-corrected chi connectivity index (χ3v) is 5.90. The second-order valence-corrected chi connectivity index (χ2v) is 7.92. The average Bonchev–Trinajstić information content (AvgIpc) is 3.43. The van der Waals surface area contributed by atoms with Crippen LogP contribution in [0.4, 0.5) is 5.69 Å². The van der Waals surface area contributed by atoms with Crippen molar-refractivity contribution in [2.45, 2.75) is 19.3 Å². The summed E-state index contributed by atoms with van der Waals surface area (Å²) in [6, 6.07) is 9.75. The smallest absolute Gasteiger partial charge is 0.161 e. The first kappa shape index (κ1) is 17.9. The predicted octanol–water partition coefficient (Wildman–Crippen LogP) is 4.26. The van der Waals surface area contributed by atoms with Crippen LogP contribution in [-0.4, -0.2) is 48.3 Å². The molecule has 0 saturated carbocycles. The van der Waals surface area contributed by atoms with Crippen molar-refractivity contribution < 1.29 is 5.11 Å². The monoisotopic (exact) mass is 411 g/mol. The van der Waals surface area contributed by atoms with Crippen molar-refractivity contribution in [2.75, 3.05) is 18.0 Å². The Labute approximate surface area is 178 Å². The van der Waals surface area contributed by atoms with Gasteiger partial charge in [-0.25, -0.2) is 9.97 Å². The summed E-state index contributed by atoms with van der Waals surface area (Å²) in [7, 11) is 0. The Morgan fingerprint density at radius 3 is 2.74 bits per heavy atom. The molecule has 1 fully saturated rings. The van der Waals surface area contributed by atoms with Crippen molar-refractivity contribution in [1.82, 2.24) is 30.1 Å². The summed E-state index contributed by atoms with van der Waals surface area (Å²) in [5, 5.41) is 18.4. The molecular formula is C23H21N7O. The fraction of sp³-hybridized carbons (Fsp3) is 0.217. The third kappa shape index (κ3) is 3.07. The first-order valence-corrected chi connectivity index (χ1v) is 10.5. The quantitative estimate of drug-likeness (QED) is 0.410. The van der Waals surface area contributed by atoms with Crippen molar-refractivity contribution in [3.63, 3.8) is 0 Å². The van der Waals surface area contributed by atoms with Crippen LogP contribution in [0.1, 0.15) is 19.3 Å². The maximum atomic E-state index is 9.79. The second kappa shape index (κ2) is 7.09. The van der Waals surface area contributed by atoms with E-state index in [0.717, 1.165) is 57.7 Å². The summed E-state index contributed by atoms with van der Waals surface area (Å²) in [4.78, 5) is 19.2. The number of pyridine rings is 2. The Morgan fingerprint density at radius 1 is 0.968 bits per heavy atom. The molecule has 1 aromatic carbocycles. The normalized spacial score (nSPS) is 14.5. The first-order valence-electron chi connectivity index (χ1n) is 10.5. The lowest BCUT2D eigenvalue weighted by molar-refractivity contribution is 0.473. The van der Waals surface area contributed by atoms with Crippen LogP contribution in [0.5, 0.6) is 5.75 Å². The topological polar surface area (TPSA) is 107 Å². The Morgan fingerprint density at radius 2 is 1.87 bits per heavy atom. The molecule has 3 N–H and O–H groups in total. The van der Waals surface area contributed by atoms with Gasteiger partial charge in [0.25, 0.3) is 0 Å². The van der Waals surface area contributed by atoms with Gasteiger partial charge in [-0.2, -0.15) is 5.10 Å². The molecule has 0 unspecified atom stereocenters. The third-order valence-electron chi connectivity index (χ3n) is 5.90. The van der Waals surface area contributed by atoms with Gasteiger partial charge in [-0.1, -0.05) is 6.07 Å². The summed E-state index contributed by atoms with van der Waals surface area (Å²) in [5.74, 6) is 0.822. The van der Waals surface area contributed by atoms with E-state index in [-0.39, 0.29) is 5.75 Å². The molecule has 0 radical (unpaired) electrons. The van der Waals surface area contributed by atoms with Crippen LogP contribution in [0.25, 0.3) is 44.7 Å². The number of nitrogens with one attached hydrogen (secondary N) is 2. The summed E-state index contributed by atoms with van der Waals surface area (Å²) in [6.45, 7) is 2.10. The molecule has 154 valence electrons. The van der Waals surface area contributed by atoms with Gasteiger partial charge in [0.2, 0.25) is 0 Å². The molecule has 5 heterocycles. The van der Waals surface area contributed by atoms with Gasteiger partial charge in [0.15, 0.2) is 11.5 Å². The first-order chi connectivity index (χ1) is 15.3. The van der Waals surface area contributed by atoms with Crippen LogP contribution < -0.4 is 4.90 Å². The lowest BCUT2D eigenvalue weighted by atomic mass is 10.0. The van der Waals surface area contributed by atoms with Crippen LogP contribution in [0.3, 0.4) is 0 Å². The van der Waals surface area contributed by atoms with Gasteiger partial charge < -0.3 is 15.0 Å². The van der Waals surface area contributed by atoms with Gasteiger partial charge in [0.1, 0.15) is 17.0 Å². The van der Waals surface area contributed by atoms with Gasteiger partial charge in [-0.15, -0.1) is 0 Å². The zero-order valence-electron chi connectivity index (χ0n) is 16.8. The number of aromatic amines is 2. The standard InChI is InChI=1S/C23H21N7O/c31-16-10-15(12-24-13-16)14-4-5-18-17(11-14)20(29-28-18)23-26-21-19(6-7-25-22(21)27-23)30-8-2-1-3-9-30/h4-7,10-13,31H,1-3,8-9H2,(H,28,29)(H,25,26,27). The molecular weight excluding hydrogens is 390 g/mol. The van der Waals surface area contributed by atoms with Crippen LogP contribution in [0, 0.1) is 0 Å². The van der Waals surface area contributed by atoms with E-state index in [1.54, 1.807) is 12.3 Å². The van der Waals surface area contributed by atoms with E-state index in [1.165, 1.54) is 25.5 Å². The second-order valence-electron chi connectivity index (χ2n) is 7.92. The minimum atomic E-state index is 0.138. The maximum absolute atomic E-state index is 9.79. The van der Waals surface area contributed by atoms with Crippen molar-refractivity contribution >= 4 is 27.8 Å². The lowest BCUT2D eigenvalue weighted by Crippen LogP contribution is -2.29. The fourth-order valence-electron chi connectivity index (χ4n) is 4.36. The number of rotatable bonds is 3. The molecule has 8 nitrogen and oxygen atoms in total. The number of anilines is 1. The summed E-state index contributed by atoms with van der Waals surface area (Å²) in [5.41, 5.74) is 6.21. The van der Waals surface area contributed by atoms with Crippen molar-refractivity contribution in [3.05, 3.63) is 48.9 Å². The molecule has 1 saturated heterocycles. The zero-order valence-corrected chi connectivity index (χ0v) is 16.8. The highest BCUT2D eigenvalue weighted by atomic mass is 16.3. The highest BCUT2D eigenvalue weighted by Crippen LogP contribution is 2.33. The molecule has 0 spiro atoms. The van der Waals surface area contributed by atoms with Crippen molar-refractivity contribution in [1.29, 1.82) is 0 Å². The maximum Gasteiger partial charge on any atom is 0.161 e. The molecule has 31 heavy (non-hydrogen) atoms. The molecule has 6 rings (SSSR count). The highest BCUT2D eigenvalue weighted by Gasteiger charge is 2.19. The molecule has 4 aromatic heterocycles. The minimum Gasteiger partial charge on any atom is -0.506 e. The Balaban J connectivity index is 1.46. The van der Waals surface area contributed by atoms with E-state index in [2.05, 4.69) is 30.0 Å². The fourth-order valence-corrected chi connectivity index (χ4v) is 4.36. The van der Waals surface area contributed by atoms with Crippen LogP contribution in [0.2, 0.25) is 0 Å². The summed E-state index contributed by atoms with van der Waals surface area (Å²) < 4.78 is 0. The van der Waals surface area contributed by atoms with Crippen molar-refractivity contribution in [3.8, 4) is 28.4 Å². The van der Waals surface area contributed by atoms with E-state index in [1.807, 2.05) is 30.5 Å². The summed E-state index contributed by atoms with van der Waals surface area (Å²) >= 11 is 0. The Kier molecular flexibility index (Phi) is 4.09. The largest absolute Gasteiger partial charge is 0.506 e. The van der Waals surface area contributed by atoms with Gasteiger partial charge in [0, 0.05) is 36.4 Å². The Bertz CT molecular complexity index is 1400. The number of hydrogen-bond acceptors (Lipinski definition) is 6. The zero-order chi connectivity index (χ0) is 20.8. The molecule has 0 aliphatic carbocycles. The van der Waals surface area contributed by atoms with Gasteiger partial charge in [0.05, 0.1) is 17.4 Å². The van der Waals surface area contributed by atoms with Crippen LogP contribution in [-0.2, 0) is 0 Å². The number of benzene rings is 1. The van der Waals surface area contributed by atoms with E-state index in [9.17, 15) is 5.11 Å². The number of aromatic hydroxyl groups is 1. The highest BCUT2D eigenvalue weighted by molar-refractivity contribution is 5.96. The van der Waals surface area contributed by atoms with Gasteiger partial charge in [-0.05, 0) is 49.1 Å². The van der Waals surface area contributed by atoms with E-state index in [4.69, 9.17) is 4.98 Å². The lowest BCUT2D eigenvalue weighted by Gasteiger charge is -2.28. The molecule has 8 heteroatoms. The van der Waals surface area contributed by atoms with Crippen molar-refractivity contribution in [2.24, 2.45) is 0 Å². The van der Waals surface area contributed by atoms with Crippen LogP contribution >= 0.6 is 0 Å². The molecule has 5 aromatic rings. The van der Waals surface area contributed by atoms with Gasteiger partial charge >= 0.3 is 0 Å². The SMILES string of the molecule is Oc1cncc(-c2ccc3[nH]nc(-c4nc5c(N6CCCCC6)ccnc5[nH]4)c3c2)c1. The van der Waals surface area contributed by atoms with E-state index < -0.39 is 0 Å². The summed E-state index contributed by atoms with van der Waals surface area (Å²) in [6.07, 6.45) is 8.69. The number of fused-ring (bicyclic) bond motifs is 2. The number of H-pyrrole nitrogens is 2. The molecule has 0 amide bonds. The minimum absolute atomic E-state index is 0.138.